The number of fused-ring (bicyclic) bond motifs is 1. The third-order valence-electron chi connectivity index (χ3n) is 5.64. The third kappa shape index (κ3) is 3.68. The normalized spacial score (nSPS) is 15.0. The lowest BCUT2D eigenvalue weighted by Gasteiger charge is -2.16. The zero-order valence-electron chi connectivity index (χ0n) is 16.9. The molecule has 1 aliphatic rings. The fourth-order valence-corrected chi connectivity index (χ4v) is 5.29. The standard InChI is InChI=1S/C22H24N2O5S/c1-14-5-7-18-16(13-29-22(18)15(14)2)11-21(26)23-19-12-17(6-8-20(19)25)30(27,28)24-9-3-4-10-24/h5-8,12-13,25H,3-4,9-11H2,1-2H3,(H,23,26). The number of rotatable bonds is 5. The lowest BCUT2D eigenvalue weighted by atomic mass is 10.0. The van der Waals surface area contributed by atoms with Gasteiger partial charge in [0.05, 0.1) is 23.3 Å². The van der Waals surface area contributed by atoms with Crippen molar-refractivity contribution < 1.29 is 22.7 Å². The highest BCUT2D eigenvalue weighted by Gasteiger charge is 2.28. The van der Waals surface area contributed by atoms with E-state index >= 15 is 0 Å². The number of hydrogen-bond acceptors (Lipinski definition) is 5. The van der Waals surface area contributed by atoms with E-state index in [-0.39, 0.29) is 28.7 Å². The summed E-state index contributed by atoms with van der Waals surface area (Å²) in [5.74, 6) is -0.561. The molecule has 0 aliphatic carbocycles. The van der Waals surface area contributed by atoms with Gasteiger partial charge in [0.25, 0.3) is 0 Å². The van der Waals surface area contributed by atoms with Gasteiger partial charge in [-0.2, -0.15) is 4.31 Å². The number of nitrogens with one attached hydrogen (secondary N) is 1. The second-order valence-electron chi connectivity index (χ2n) is 7.66. The molecule has 1 fully saturated rings. The van der Waals surface area contributed by atoms with Crippen LogP contribution in [0.5, 0.6) is 5.75 Å². The largest absolute Gasteiger partial charge is 0.506 e. The number of hydrogen-bond donors (Lipinski definition) is 2. The SMILES string of the molecule is Cc1ccc2c(CC(=O)Nc3cc(S(=O)(=O)N4CCCC4)ccc3O)coc2c1C. The predicted molar refractivity (Wildman–Crippen MR) is 114 cm³/mol. The van der Waals surface area contributed by atoms with Gasteiger partial charge in [-0.05, 0) is 56.0 Å². The summed E-state index contributed by atoms with van der Waals surface area (Å²) in [6.45, 7) is 4.93. The Hall–Kier alpha value is -2.84. The van der Waals surface area contributed by atoms with Crippen LogP contribution in [0, 0.1) is 13.8 Å². The zero-order chi connectivity index (χ0) is 21.5. The van der Waals surface area contributed by atoms with Crippen molar-refractivity contribution in [2.75, 3.05) is 18.4 Å². The molecule has 0 radical (unpaired) electrons. The number of carbonyl (C=O) groups is 1. The van der Waals surface area contributed by atoms with Gasteiger partial charge in [-0.15, -0.1) is 0 Å². The Kier molecular flexibility index (Phi) is 5.29. The number of sulfonamides is 1. The van der Waals surface area contributed by atoms with Gasteiger partial charge in [0.2, 0.25) is 15.9 Å². The summed E-state index contributed by atoms with van der Waals surface area (Å²) >= 11 is 0. The first-order valence-corrected chi connectivity index (χ1v) is 11.3. The molecule has 4 rings (SSSR count). The molecule has 0 unspecified atom stereocenters. The fourth-order valence-electron chi connectivity index (χ4n) is 3.75. The van der Waals surface area contributed by atoms with Crippen molar-refractivity contribution >= 4 is 32.6 Å². The molecule has 0 bridgehead atoms. The molecule has 0 atom stereocenters. The Morgan fingerprint density at radius 1 is 1.17 bits per heavy atom. The van der Waals surface area contributed by atoms with Crippen molar-refractivity contribution in [1.29, 1.82) is 0 Å². The molecule has 158 valence electrons. The summed E-state index contributed by atoms with van der Waals surface area (Å²) < 4.78 is 32.6. The van der Waals surface area contributed by atoms with Crippen LogP contribution in [0.2, 0.25) is 0 Å². The van der Waals surface area contributed by atoms with E-state index in [1.165, 1.54) is 22.5 Å². The van der Waals surface area contributed by atoms with E-state index in [2.05, 4.69) is 5.32 Å². The second-order valence-corrected chi connectivity index (χ2v) is 9.60. The summed E-state index contributed by atoms with van der Waals surface area (Å²) in [5, 5.41) is 13.6. The molecule has 1 aliphatic heterocycles. The molecule has 1 amide bonds. The van der Waals surface area contributed by atoms with Crippen LogP contribution in [-0.4, -0.2) is 36.8 Å². The summed E-state index contributed by atoms with van der Waals surface area (Å²) in [6, 6.07) is 7.85. The summed E-state index contributed by atoms with van der Waals surface area (Å²) in [4.78, 5) is 12.7. The minimum absolute atomic E-state index is 0.0397. The van der Waals surface area contributed by atoms with Gasteiger partial charge in [0, 0.05) is 24.0 Å². The molecular formula is C22H24N2O5S. The minimum atomic E-state index is -3.65. The van der Waals surface area contributed by atoms with Gasteiger partial charge in [0.15, 0.2) is 0 Å². The van der Waals surface area contributed by atoms with Gasteiger partial charge in [-0.3, -0.25) is 4.79 Å². The number of nitrogens with zero attached hydrogens (tertiary/aromatic N) is 1. The maximum atomic E-state index is 12.8. The number of carbonyl (C=O) groups excluding carboxylic acids is 1. The van der Waals surface area contributed by atoms with Crippen molar-refractivity contribution in [1.82, 2.24) is 4.31 Å². The molecule has 1 saturated heterocycles. The quantitative estimate of drug-likeness (QED) is 0.604. The van der Waals surface area contributed by atoms with E-state index in [1.807, 2.05) is 26.0 Å². The van der Waals surface area contributed by atoms with Crippen LogP contribution in [0.15, 0.2) is 45.9 Å². The van der Waals surface area contributed by atoms with Crippen molar-refractivity contribution in [3.05, 3.63) is 53.3 Å². The van der Waals surface area contributed by atoms with Gasteiger partial charge < -0.3 is 14.8 Å². The summed E-state index contributed by atoms with van der Waals surface area (Å²) in [5.41, 5.74) is 3.68. The first kappa shape index (κ1) is 20.4. The number of aromatic hydroxyl groups is 1. The maximum absolute atomic E-state index is 12.8. The van der Waals surface area contributed by atoms with Crippen LogP contribution in [0.3, 0.4) is 0 Å². The Labute approximate surface area is 175 Å². The number of aryl methyl sites for hydroxylation is 2. The number of anilines is 1. The monoisotopic (exact) mass is 428 g/mol. The number of benzene rings is 2. The summed E-state index contributed by atoms with van der Waals surface area (Å²) in [7, 11) is -3.65. The summed E-state index contributed by atoms with van der Waals surface area (Å²) in [6.07, 6.45) is 3.26. The fraction of sp³-hybridized carbons (Fsp3) is 0.318. The van der Waals surface area contributed by atoms with E-state index < -0.39 is 10.0 Å². The van der Waals surface area contributed by atoms with E-state index in [4.69, 9.17) is 4.42 Å². The van der Waals surface area contributed by atoms with Gasteiger partial charge >= 0.3 is 0 Å². The van der Waals surface area contributed by atoms with Crippen LogP contribution in [0.1, 0.15) is 29.5 Å². The van der Waals surface area contributed by atoms with Crippen LogP contribution in [0.25, 0.3) is 11.0 Å². The predicted octanol–water partition coefficient (Wildman–Crippen LogP) is 3.72. The maximum Gasteiger partial charge on any atom is 0.243 e. The lowest BCUT2D eigenvalue weighted by molar-refractivity contribution is -0.115. The number of phenols is 1. The Bertz CT molecular complexity index is 1220. The van der Waals surface area contributed by atoms with Crippen molar-refractivity contribution in [3.8, 4) is 5.75 Å². The molecule has 2 aromatic carbocycles. The Morgan fingerprint density at radius 2 is 1.90 bits per heavy atom. The molecular weight excluding hydrogens is 404 g/mol. The first-order chi connectivity index (χ1) is 14.3. The Morgan fingerprint density at radius 3 is 2.63 bits per heavy atom. The van der Waals surface area contributed by atoms with Crippen LogP contribution in [-0.2, 0) is 21.2 Å². The van der Waals surface area contributed by atoms with Crippen molar-refractivity contribution in [2.24, 2.45) is 0 Å². The molecule has 2 heterocycles. The van der Waals surface area contributed by atoms with Gasteiger partial charge in [0.1, 0.15) is 11.3 Å². The van der Waals surface area contributed by atoms with E-state index in [1.54, 1.807) is 6.26 Å². The Balaban J connectivity index is 1.56. The van der Waals surface area contributed by atoms with Crippen LogP contribution in [0.4, 0.5) is 5.69 Å². The van der Waals surface area contributed by atoms with Gasteiger partial charge in [-0.25, -0.2) is 8.42 Å². The molecule has 1 aromatic heterocycles. The van der Waals surface area contributed by atoms with Crippen LogP contribution < -0.4 is 5.32 Å². The molecule has 0 saturated carbocycles. The molecule has 30 heavy (non-hydrogen) atoms. The molecule has 3 aromatic rings. The topological polar surface area (TPSA) is 99.9 Å². The van der Waals surface area contributed by atoms with Gasteiger partial charge in [-0.1, -0.05) is 12.1 Å². The van der Waals surface area contributed by atoms with E-state index in [9.17, 15) is 18.3 Å². The highest BCUT2D eigenvalue weighted by Crippen LogP contribution is 2.30. The second kappa shape index (κ2) is 7.77. The molecule has 2 N–H and O–H groups in total. The third-order valence-corrected chi connectivity index (χ3v) is 7.53. The highest BCUT2D eigenvalue weighted by atomic mass is 32.2. The van der Waals surface area contributed by atoms with E-state index in [0.717, 1.165) is 40.5 Å². The van der Waals surface area contributed by atoms with Crippen molar-refractivity contribution in [3.63, 3.8) is 0 Å². The van der Waals surface area contributed by atoms with Crippen molar-refractivity contribution in [2.45, 2.75) is 38.0 Å². The smallest absolute Gasteiger partial charge is 0.243 e. The molecule has 0 spiro atoms. The lowest BCUT2D eigenvalue weighted by Crippen LogP contribution is -2.28. The first-order valence-electron chi connectivity index (χ1n) is 9.86. The number of amides is 1. The highest BCUT2D eigenvalue weighted by molar-refractivity contribution is 7.89. The minimum Gasteiger partial charge on any atom is -0.506 e. The van der Waals surface area contributed by atoms with Crippen LogP contribution >= 0.6 is 0 Å². The number of furan rings is 1. The van der Waals surface area contributed by atoms with E-state index in [0.29, 0.717) is 13.1 Å². The average Bonchev–Trinajstić information content (AvgIpc) is 3.37. The number of phenolic OH excluding ortho intramolecular Hbond substituents is 1. The molecule has 8 heteroatoms. The molecule has 7 nitrogen and oxygen atoms in total. The average molecular weight is 429 g/mol. The zero-order valence-corrected chi connectivity index (χ0v) is 17.8.